The summed E-state index contributed by atoms with van der Waals surface area (Å²) < 4.78 is 5.37. The highest BCUT2D eigenvalue weighted by Crippen LogP contribution is 2.37. The second kappa shape index (κ2) is 11.6. The van der Waals surface area contributed by atoms with E-state index in [0.717, 1.165) is 31.2 Å². The molecule has 2 fully saturated rings. The largest absolute Gasteiger partial charge is 0.444 e. The molecule has 0 aromatic heterocycles. The van der Waals surface area contributed by atoms with E-state index in [1.807, 2.05) is 12.1 Å². The molecule has 2 aliphatic heterocycles. The maximum atomic E-state index is 13.7. The molecule has 4 rings (SSSR count). The van der Waals surface area contributed by atoms with Crippen molar-refractivity contribution < 1.29 is 23.9 Å². The van der Waals surface area contributed by atoms with Gasteiger partial charge in [0.2, 0.25) is 17.7 Å². The molecule has 0 spiro atoms. The molecule has 1 aromatic carbocycles. The zero-order chi connectivity index (χ0) is 27.6. The van der Waals surface area contributed by atoms with E-state index in [4.69, 9.17) is 4.74 Å². The number of amides is 4. The normalized spacial score (nSPS) is 25.9. The number of carbonyl (C=O) groups is 4. The van der Waals surface area contributed by atoms with Crippen LogP contribution >= 0.6 is 11.8 Å². The van der Waals surface area contributed by atoms with Crippen LogP contribution in [0.3, 0.4) is 0 Å². The molecule has 0 radical (unpaired) electrons. The predicted molar refractivity (Wildman–Crippen MR) is 146 cm³/mol. The summed E-state index contributed by atoms with van der Waals surface area (Å²) in [5, 5.41) is 5.99. The van der Waals surface area contributed by atoms with E-state index in [1.165, 1.54) is 17.5 Å². The summed E-state index contributed by atoms with van der Waals surface area (Å²) in [4.78, 5) is 55.6. The zero-order valence-electron chi connectivity index (χ0n) is 23.0. The van der Waals surface area contributed by atoms with Gasteiger partial charge in [0, 0.05) is 7.05 Å². The van der Waals surface area contributed by atoms with Gasteiger partial charge in [-0.05, 0) is 83.1 Å². The highest BCUT2D eigenvalue weighted by atomic mass is 32.2. The Labute approximate surface area is 229 Å². The number of thioether (sulfide) groups is 1. The van der Waals surface area contributed by atoms with Crippen LogP contribution in [-0.2, 0) is 25.5 Å². The monoisotopic (exact) mass is 544 g/mol. The van der Waals surface area contributed by atoms with Gasteiger partial charge in [-0.15, -0.1) is 11.8 Å². The van der Waals surface area contributed by atoms with Crippen LogP contribution in [0.4, 0.5) is 4.79 Å². The highest BCUT2D eigenvalue weighted by Gasteiger charge is 2.46. The Bertz CT molecular complexity index is 1070. The molecule has 2 N–H and O–H groups in total. The third-order valence-electron chi connectivity index (χ3n) is 7.55. The van der Waals surface area contributed by atoms with E-state index in [9.17, 15) is 19.2 Å². The van der Waals surface area contributed by atoms with E-state index >= 15 is 0 Å². The minimum atomic E-state index is -0.826. The van der Waals surface area contributed by atoms with Crippen LogP contribution in [0.25, 0.3) is 0 Å². The van der Waals surface area contributed by atoms with Crippen LogP contribution in [0.1, 0.15) is 77.0 Å². The standard InChI is InChI=1S/C28H40N4O5S/c1-17(31(5)27(36)37-28(2,3)4)24(33)30-21-15-16-38-23-14-13-22(32(23)26(21)35)25(34)29-20-12-8-10-18-9-6-7-11-19(18)20/h6-7,9,11,17,20-23H,8,10,12-16H2,1-5H3,(H,29,34)(H,30,33)/t17-,20-,21-,22-,23-/m0/s1. The molecular formula is C28H40N4O5S. The lowest BCUT2D eigenvalue weighted by Gasteiger charge is -2.33. The number of nitrogens with one attached hydrogen (secondary N) is 2. The van der Waals surface area contributed by atoms with Crippen molar-refractivity contribution in [1.82, 2.24) is 20.4 Å². The van der Waals surface area contributed by atoms with Crippen LogP contribution < -0.4 is 10.6 Å². The first kappa shape index (κ1) is 28.3. The molecule has 2 saturated heterocycles. The number of rotatable bonds is 5. The lowest BCUT2D eigenvalue weighted by atomic mass is 9.87. The van der Waals surface area contributed by atoms with Crippen LogP contribution in [0.15, 0.2) is 24.3 Å². The summed E-state index contributed by atoms with van der Waals surface area (Å²) in [5.41, 5.74) is 1.74. The van der Waals surface area contributed by atoms with Crippen molar-refractivity contribution in [3.8, 4) is 0 Å². The first-order valence-corrected chi connectivity index (χ1v) is 14.6. The Kier molecular flexibility index (Phi) is 8.59. The minimum Gasteiger partial charge on any atom is -0.444 e. The number of hydrogen-bond acceptors (Lipinski definition) is 6. The van der Waals surface area contributed by atoms with Crippen LogP contribution in [0.5, 0.6) is 0 Å². The zero-order valence-corrected chi connectivity index (χ0v) is 23.8. The van der Waals surface area contributed by atoms with E-state index in [-0.39, 0.29) is 23.2 Å². The fourth-order valence-corrected chi connectivity index (χ4v) is 6.75. The minimum absolute atomic E-state index is 0.0547. The van der Waals surface area contributed by atoms with Crippen LogP contribution in [0, 0.1) is 0 Å². The lowest BCUT2D eigenvalue weighted by molar-refractivity contribution is -0.142. The number of likely N-dealkylation sites (N-methyl/N-ethyl adjacent to an activating group) is 1. The Morgan fingerprint density at radius 2 is 1.82 bits per heavy atom. The maximum absolute atomic E-state index is 13.7. The number of aryl methyl sites for hydroxylation is 1. The van der Waals surface area contributed by atoms with Gasteiger partial charge in [-0.3, -0.25) is 19.3 Å². The van der Waals surface area contributed by atoms with Crippen molar-refractivity contribution in [3.05, 3.63) is 35.4 Å². The van der Waals surface area contributed by atoms with Crippen molar-refractivity contribution in [1.29, 1.82) is 0 Å². The molecular weight excluding hydrogens is 504 g/mol. The van der Waals surface area contributed by atoms with Gasteiger partial charge in [0.1, 0.15) is 23.7 Å². The summed E-state index contributed by atoms with van der Waals surface area (Å²) in [5.74, 6) is -0.104. The Hall–Kier alpha value is -2.75. The maximum Gasteiger partial charge on any atom is 0.410 e. The topological polar surface area (TPSA) is 108 Å². The summed E-state index contributed by atoms with van der Waals surface area (Å²) >= 11 is 1.66. The van der Waals surface area contributed by atoms with E-state index in [1.54, 1.807) is 44.4 Å². The summed E-state index contributed by atoms with van der Waals surface area (Å²) in [6.07, 6.45) is 4.11. The van der Waals surface area contributed by atoms with Crippen molar-refractivity contribution in [3.63, 3.8) is 0 Å². The van der Waals surface area contributed by atoms with Gasteiger partial charge in [0.05, 0.1) is 11.4 Å². The van der Waals surface area contributed by atoms with E-state index in [0.29, 0.717) is 18.6 Å². The molecule has 38 heavy (non-hydrogen) atoms. The second-order valence-electron chi connectivity index (χ2n) is 11.4. The fourth-order valence-electron chi connectivity index (χ4n) is 5.39. The average molecular weight is 545 g/mol. The van der Waals surface area contributed by atoms with Gasteiger partial charge in [-0.2, -0.15) is 0 Å². The third kappa shape index (κ3) is 6.27. The number of fused-ring (bicyclic) bond motifs is 2. The van der Waals surface area contributed by atoms with Crippen molar-refractivity contribution >= 4 is 35.6 Å². The van der Waals surface area contributed by atoms with Crippen molar-refractivity contribution in [2.24, 2.45) is 0 Å². The highest BCUT2D eigenvalue weighted by molar-refractivity contribution is 7.99. The Morgan fingerprint density at radius 3 is 2.55 bits per heavy atom. The van der Waals surface area contributed by atoms with Crippen LogP contribution in [0.2, 0.25) is 0 Å². The molecule has 9 nitrogen and oxygen atoms in total. The quantitative estimate of drug-likeness (QED) is 0.589. The number of hydrogen-bond donors (Lipinski definition) is 2. The molecule has 5 atom stereocenters. The molecule has 208 valence electrons. The number of nitrogens with zero attached hydrogens (tertiary/aromatic N) is 2. The van der Waals surface area contributed by atoms with Gasteiger partial charge < -0.3 is 20.3 Å². The first-order chi connectivity index (χ1) is 18.0. The van der Waals surface area contributed by atoms with E-state index in [2.05, 4.69) is 22.8 Å². The van der Waals surface area contributed by atoms with Gasteiger partial charge >= 0.3 is 6.09 Å². The fraction of sp³-hybridized carbons (Fsp3) is 0.643. The lowest BCUT2D eigenvalue weighted by Crippen LogP contribution is -2.57. The average Bonchev–Trinajstić information content (AvgIpc) is 3.23. The number of carbonyl (C=O) groups excluding carboxylic acids is 4. The Balaban J connectivity index is 1.42. The number of benzene rings is 1. The molecule has 10 heteroatoms. The molecule has 1 aliphatic carbocycles. The molecule has 0 unspecified atom stereocenters. The van der Waals surface area contributed by atoms with Crippen LogP contribution in [-0.4, -0.2) is 75.5 Å². The van der Waals surface area contributed by atoms with E-state index < -0.39 is 35.7 Å². The molecule has 0 bridgehead atoms. The molecule has 0 saturated carbocycles. The van der Waals surface area contributed by atoms with Gasteiger partial charge in [-0.25, -0.2) is 4.79 Å². The van der Waals surface area contributed by atoms with Gasteiger partial charge in [0.15, 0.2) is 0 Å². The SMILES string of the molecule is C[C@@H](C(=O)N[C@H]1CCS[C@H]2CC[C@@H](C(=O)N[C@H]3CCCc4ccccc43)N2C1=O)N(C)C(=O)OC(C)(C)C. The summed E-state index contributed by atoms with van der Waals surface area (Å²) in [7, 11) is 1.50. The van der Waals surface area contributed by atoms with Gasteiger partial charge in [-0.1, -0.05) is 24.3 Å². The number of ether oxygens (including phenoxy) is 1. The van der Waals surface area contributed by atoms with Crippen molar-refractivity contribution in [2.75, 3.05) is 12.8 Å². The molecule has 2 heterocycles. The first-order valence-electron chi connectivity index (χ1n) is 13.5. The summed E-state index contributed by atoms with van der Waals surface area (Å²) in [6.45, 7) is 6.89. The Morgan fingerprint density at radius 1 is 1.08 bits per heavy atom. The summed E-state index contributed by atoms with van der Waals surface area (Å²) in [6, 6.07) is 6.02. The molecule has 3 aliphatic rings. The smallest absolute Gasteiger partial charge is 0.410 e. The molecule has 1 aromatic rings. The van der Waals surface area contributed by atoms with Crippen molar-refractivity contribution in [2.45, 2.75) is 101 Å². The predicted octanol–water partition coefficient (Wildman–Crippen LogP) is 3.37. The third-order valence-corrected chi connectivity index (χ3v) is 8.87. The second-order valence-corrected chi connectivity index (χ2v) is 12.7. The van der Waals surface area contributed by atoms with Gasteiger partial charge in [0.25, 0.3) is 0 Å². The molecule has 4 amide bonds.